The maximum Gasteiger partial charge on any atom is 0.0925 e. The molecular formula is C19H28N4. The normalized spacial score (nSPS) is 17.0. The van der Waals surface area contributed by atoms with Gasteiger partial charge in [-0.05, 0) is 51.9 Å². The molecule has 4 nitrogen and oxygen atoms in total. The van der Waals surface area contributed by atoms with Gasteiger partial charge >= 0.3 is 0 Å². The highest BCUT2D eigenvalue weighted by molar-refractivity contribution is 5.15. The summed E-state index contributed by atoms with van der Waals surface area (Å²) in [5.41, 5.74) is 3.81. The van der Waals surface area contributed by atoms with E-state index < -0.39 is 0 Å². The number of aryl methyl sites for hydroxylation is 1. The van der Waals surface area contributed by atoms with E-state index in [1.807, 2.05) is 6.33 Å². The molecule has 0 amide bonds. The Hall–Kier alpha value is -1.65. The van der Waals surface area contributed by atoms with Crippen molar-refractivity contribution < 1.29 is 0 Å². The lowest BCUT2D eigenvalue weighted by Crippen LogP contribution is -2.44. The summed E-state index contributed by atoms with van der Waals surface area (Å²) in [5.74, 6) is 0. The van der Waals surface area contributed by atoms with E-state index in [-0.39, 0.29) is 0 Å². The molecule has 2 aromatic rings. The number of piperidine rings is 1. The standard InChI is InChI=1S/C19H28N4/c1-16-19(21-15-20-16)14-23(18-9-11-22(2)12-10-18)13-8-17-6-4-3-5-7-17/h3-7,15,18H,8-14H2,1-2H3,(H,20,21). The van der Waals surface area contributed by atoms with Crippen molar-refractivity contribution in [3.63, 3.8) is 0 Å². The summed E-state index contributed by atoms with van der Waals surface area (Å²) in [6.45, 7) is 6.58. The van der Waals surface area contributed by atoms with Gasteiger partial charge in [-0.2, -0.15) is 0 Å². The topological polar surface area (TPSA) is 35.2 Å². The third-order valence-electron chi connectivity index (χ3n) is 5.02. The molecule has 0 spiro atoms. The highest BCUT2D eigenvalue weighted by Gasteiger charge is 2.24. The van der Waals surface area contributed by atoms with Crippen molar-refractivity contribution in [1.29, 1.82) is 0 Å². The van der Waals surface area contributed by atoms with Crippen molar-refractivity contribution in [1.82, 2.24) is 19.8 Å². The number of H-pyrrole nitrogens is 1. The second-order valence-electron chi connectivity index (χ2n) is 6.71. The third-order valence-corrected chi connectivity index (χ3v) is 5.02. The second-order valence-corrected chi connectivity index (χ2v) is 6.71. The lowest BCUT2D eigenvalue weighted by molar-refractivity contribution is 0.114. The van der Waals surface area contributed by atoms with Gasteiger partial charge in [0.2, 0.25) is 0 Å². The Kier molecular flexibility index (Phi) is 5.47. The van der Waals surface area contributed by atoms with E-state index in [0.29, 0.717) is 6.04 Å². The quantitative estimate of drug-likeness (QED) is 0.891. The highest BCUT2D eigenvalue weighted by Crippen LogP contribution is 2.19. The molecule has 1 aliphatic rings. The summed E-state index contributed by atoms with van der Waals surface area (Å²) in [4.78, 5) is 12.8. The van der Waals surface area contributed by atoms with E-state index in [9.17, 15) is 0 Å². The van der Waals surface area contributed by atoms with Crippen LogP contribution in [0.3, 0.4) is 0 Å². The number of rotatable bonds is 6. The van der Waals surface area contributed by atoms with Crippen LogP contribution in [0.1, 0.15) is 29.8 Å². The number of benzene rings is 1. The molecule has 1 aromatic heterocycles. The van der Waals surface area contributed by atoms with Crippen LogP contribution < -0.4 is 0 Å². The van der Waals surface area contributed by atoms with Gasteiger partial charge in [-0.25, -0.2) is 4.98 Å². The Bertz CT molecular complexity index is 584. The molecule has 1 N–H and O–H groups in total. The van der Waals surface area contributed by atoms with Crippen LogP contribution in [0.15, 0.2) is 36.7 Å². The number of nitrogens with one attached hydrogen (secondary N) is 1. The van der Waals surface area contributed by atoms with Crippen molar-refractivity contribution in [2.75, 3.05) is 26.7 Å². The number of aromatic nitrogens is 2. The molecule has 1 saturated heterocycles. The number of imidazole rings is 1. The van der Waals surface area contributed by atoms with E-state index in [2.05, 4.69) is 64.1 Å². The zero-order valence-electron chi connectivity index (χ0n) is 14.3. The van der Waals surface area contributed by atoms with Gasteiger partial charge in [0.15, 0.2) is 0 Å². The van der Waals surface area contributed by atoms with Crippen LogP contribution in [0.5, 0.6) is 0 Å². The van der Waals surface area contributed by atoms with Crippen molar-refractivity contribution in [2.45, 2.75) is 38.8 Å². The van der Waals surface area contributed by atoms with E-state index in [4.69, 9.17) is 0 Å². The Labute approximate surface area is 139 Å². The molecule has 0 bridgehead atoms. The highest BCUT2D eigenvalue weighted by atomic mass is 15.2. The molecule has 1 fully saturated rings. The van der Waals surface area contributed by atoms with Gasteiger partial charge in [-0.3, -0.25) is 4.90 Å². The maximum atomic E-state index is 4.51. The minimum absolute atomic E-state index is 0.672. The molecule has 4 heteroatoms. The van der Waals surface area contributed by atoms with E-state index in [0.717, 1.165) is 19.5 Å². The molecule has 0 atom stereocenters. The zero-order valence-corrected chi connectivity index (χ0v) is 14.3. The number of hydrogen-bond donors (Lipinski definition) is 1. The average Bonchev–Trinajstić information content (AvgIpc) is 2.98. The molecule has 0 aliphatic carbocycles. The van der Waals surface area contributed by atoms with Crippen LogP contribution in [0, 0.1) is 6.92 Å². The number of aromatic amines is 1. The fourth-order valence-electron chi connectivity index (χ4n) is 3.41. The van der Waals surface area contributed by atoms with Gasteiger partial charge in [0.25, 0.3) is 0 Å². The van der Waals surface area contributed by atoms with Crippen molar-refractivity contribution in [2.24, 2.45) is 0 Å². The van der Waals surface area contributed by atoms with Crippen LogP contribution in [0.25, 0.3) is 0 Å². The molecule has 0 radical (unpaired) electrons. The fourth-order valence-corrected chi connectivity index (χ4v) is 3.41. The van der Waals surface area contributed by atoms with Crippen LogP contribution in [0.4, 0.5) is 0 Å². The molecular weight excluding hydrogens is 284 g/mol. The van der Waals surface area contributed by atoms with Gasteiger partial charge in [0, 0.05) is 24.8 Å². The Morgan fingerprint density at radius 2 is 1.96 bits per heavy atom. The average molecular weight is 312 g/mol. The van der Waals surface area contributed by atoms with Crippen LogP contribution in [-0.4, -0.2) is 52.5 Å². The SMILES string of the molecule is Cc1[nH]cnc1CN(CCc1ccccc1)C1CCN(C)CC1. The summed E-state index contributed by atoms with van der Waals surface area (Å²) in [5, 5.41) is 0. The summed E-state index contributed by atoms with van der Waals surface area (Å²) < 4.78 is 0. The minimum Gasteiger partial charge on any atom is -0.348 e. The zero-order chi connectivity index (χ0) is 16.1. The predicted octanol–water partition coefficient (Wildman–Crippen LogP) is 2.86. The maximum absolute atomic E-state index is 4.51. The summed E-state index contributed by atoms with van der Waals surface area (Å²) >= 11 is 0. The largest absolute Gasteiger partial charge is 0.348 e. The molecule has 0 saturated carbocycles. The Morgan fingerprint density at radius 3 is 2.61 bits per heavy atom. The molecule has 2 heterocycles. The predicted molar refractivity (Wildman–Crippen MR) is 94.4 cm³/mol. The summed E-state index contributed by atoms with van der Waals surface area (Å²) in [6, 6.07) is 11.5. The molecule has 124 valence electrons. The van der Waals surface area contributed by atoms with Gasteiger partial charge in [0.05, 0.1) is 12.0 Å². The van der Waals surface area contributed by atoms with Crippen LogP contribution >= 0.6 is 0 Å². The van der Waals surface area contributed by atoms with Gasteiger partial charge in [0.1, 0.15) is 0 Å². The first-order valence-electron chi connectivity index (χ1n) is 8.68. The van der Waals surface area contributed by atoms with Crippen molar-refractivity contribution >= 4 is 0 Å². The van der Waals surface area contributed by atoms with E-state index in [1.54, 1.807) is 0 Å². The van der Waals surface area contributed by atoms with E-state index >= 15 is 0 Å². The fraction of sp³-hybridized carbons (Fsp3) is 0.526. The van der Waals surface area contributed by atoms with Gasteiger partial charge in [-0.1, -0.05) is 30.3 Å². The number of likely N-dealkylation sites (tertiary alicyclic amines) is 1. The first-order chi connectivity index (χ1) is 11.2. The number of hydrogen-bond acceptors (Lipinski definition) is 3. The molecule has 23 heavy (non-hydrogen) atoms. The molecule has 1 aliphatic heterocycles. The first-order valence-corrected chi connectivity index (χ1v) is 8.68. The lowest BCUT2D eigenvalue weighted by Gasteiger charge is -2.37. The van der Waals surface area contributed by atoms with Gasteiger partial charge in [-0.15, -0.1) is 0 Å². The molecule has 1 aromatic carbocycles. The Morgan fingerprint density at radius 1 is 1.22 bits per heavy atom. The van der Waals surface area contributed by atoms with Gasteiger partial charge < -0.3 is 9.88 Å². The van der Waals surface area contributed by atoms with E-state index in [1.165, 1.54) is 42.9 Å². The third kappa shape index (κ3) is 4.43. The smallest absolute Gasteiger partial charge is 0.0925 e. The molecule has 3 rings (SSSR count). The molecule has 0 unspecified atom stereocenters. The lowest BCUT2D eigenvalue weighted by atomic mass is 10.0. The summed E-state index contributed by atoms with van der Waals surface area (Å²) in [7, 11) is 2.22. The Balaban J connectivity index is 1.66. The second kappa shape index (κ2) is 7.75. The monoisotopic (exact) mass is 312 g/mol. The number of nitrogens with zero attached hydrogens (tertiary/aromatic N) is 3. The first kappa shape index (κ1) is 16.2. The van der Waals surface area contributed by atoms with Crippen molar-refractivity contribution in [3.05, 3.63) is 53.6 Å². The van der Waals surface area contributed by atoms with Crippen LogP contribution in [-0.2, 0) is 13.0 Å². The minimum atomic E-state index is 0.672. The summed E-state index contributed by atoms with van der Waals surface area (Å²) in [6.07, 6.45) is 5.44. The van der Waals surface area contributed by atoms with Crippen molar-refractivity contribution in [3.8, 4) is 0 Å². The van der Waals surface area contributed by atoms with Crippen LogP contribution in [0.2, 0.25) is 0 Å².